The van der Waals surface area contributed by atoms with Gasteiger partial charge in [-0.1, -0.05) is 15.9 Å². The Hall–Kier alpha value is 0.240. The van der Waals surface area contributed by atoms with E-state index in [0.717, 1.165) is 0 Å². The molecule has 0 aromatic heterocycles. The molecule has 0 spiro atoms. The number of carbonyl (C=O) groups is 1. The number of rotatable bonds is 1. The van der Waals surface area contributed by atoms with E-state index in [2.05, 4.69) is 21.2 Å². The van der Waals surface area contributed by atoms with E-state index in [9.17, 15) is 4.79 Å². The third-order valence-electron chi connectivity index (χ3n) is 0.312. The average Bonchev–Trinajstić information content (AvgIpc) is 1.27. The SMILES string of the molecule is CC(Br)NC(=O)Cl. The summed E-state index contributed by atoms with van der Waals surface area (Å²) in [5.74, 6) is 0. The lowest BCUT2D eigenvalue weighted by atomic mass is 10.8. The van der Waals surface area contributed by atoms with Crippen LogP contribution < -0.4 is 5.32 Å². The maximum Gasteiger partial charge on any atom is 0.314 e. The fourth-order valence-corrected chi connectivity index (χ4v) is 0.660. The maximum atomic E-state index is 9.88. The molecular weight excluding hydrogens is 181 g/mol. The van der Waals surface area contributed by atoms with Crippen LogP contribution in [-0.4, -0.2) is 10.3 Å². The van der Waals surface area contributed by atoms with Crippen LogP contribution in [0.15, 0.2) is 0 Å². The molecule has 4 heteroatoms. The first-order chi connectivity index (χ1) is 3.13. The molecule has 0 heterocycles. The van der Waals surface area contributed by atoms with Gasteiger partial charge in [0, 0.05) is 0 Å². The summed E-state index contributed by atoms with van der Waals surface area (Å²) in [4.78, 5) is 9.83. The Morgan fingerprint density at radius 3 is 2.43 bits per heavy atom. The highest BCUT2D eigenvalue weighted by molar-refractivity contribution is 9.09. The molecule has 1 N–H and O–H groups in total. The lowest BCUT2D eigenvalue weighted by Gasteiger charge is -1.98. The van der Waals surface area contributed by atoms with Crippen molar-refractivity contribution in [1.29, 1.82) is 0 Å². The van der Waals surface area contributed by atoms with Gasteiger partial charge in [0.1, 0.15) is 0 Å². The minimum absolute atomic E-state index is 0.0440. The van der Waals surface area contributed by atoms with Gasteiger partial charge in [-0.3, -0.25) is 4.79 Å². The molecule has 0 radical (unpaired) electrons. The molecule has 0 aromatic carbocycles. The smallest absolute Gasteiger partial charge is 0.314 e. The fraction of sp³-hybridized carbons (Fsp3) is 0.667. The lowest BCUT2D eigenvalue weighted by Crippen LogP contribution is -2.21. The summed E-state index contributed by atoms with van der Waals surface area (Å²) in [6.45, 7) is 1.76. The zero-order valence-corrected chi connectivity index (χ0v) is 6.08. The third-order valence-corrected chi connectivity index (χ3v) is 0.650. The van der Waals surface area contributed by atoms with Crippen LogP contribution in [0.25, 0.3) is 0 Å². The van der Waals surface area contributed by atoms with E-state index in [1.165, 1.54) is 0 Å². The predicted octanol–water partition coefficient (Wildman–Crippen LogP) is 1.68. The molecule has 0 saturated carbocycles. The molecule has 2 nitrogen and oxygen atoms in total. The second-order valence-electron chi connectivity index (χ2n) is 1.03. The van der Waals surface area contributed by atoms with Crippen LogP contribution in [0.4, 0.5) is 4.79 Å². The molecule has 0 aromatic rings. The van der Waals surface area contributed by atoms with Crippen molar-refractivity contribution >= 4 is 32.9 Å². The van der Waals surface area contributed by atoms with Crippen molar-refractivity contribution in [1.82, 2.24) is 5.32 Å². The first-order valence-electron chi connectivity index (χ1n) is 1.73. The summed E-state index contributed by atoms with van der Waals surface area (Å²) >= 11 is 7.95. The van der Waals surface area contributed by atoms with Crippen molar-refractivity contribution in [3.63, 3.8) is 0 Å². The Morgan fingerprint density at radius 1 is 2.00 bits per heavy atom. The van der Waals surface area contributed by atoms with E-state index in [-0.39, 0.29) is 4.95 Å². The average molecular weight is 186 g/mol. The summed E-state index contributed by atoms with van der Waals surface area (Å²) in [6.07, 6.45) is 0. The van der Waals surface area contributed by atoms with Gasteiger partial charge in [0.15, 0.2) is 0 Å². The van der Waals surface area contributed by atoms with E-state index < -0.39 is 5.37 Å². The fourth-order valence-electron chi connectivity index (χ4n) is 0.156. The number of carbonyl (C=O) groups excluding carboxylic acids is 1. The standard InChI is InChI=1S/C3H5BrClNO/c1-2(4)6-3(5)7/h2H,1H3,(H,6,7). The number of nitrogens with one attached hydrogen (secondary N) is 1. The van der Waals surface area contributed by atoms with Gasteiger partial charge in [0.05, 0.1) is 4.95 Å². The molecular formula is C3H5BrClNO. The Balaban J connectivity index is 3.13. The highest BCUT2D eigenvalue weighted by Gasteiger charge is 1.95. The van der Waals surface area contributed by atoms with Crippen LogP contribution in [0.5, 0.6) is 0 Å². The third kappa shape index (κ3) is 6.24. The summed E-state index contributed by atoms with van der Waals surface area (Å²) in [5, 5.41) is 1.81. The van der Waals surface area contributed by atoms with Crippen LogP contribution in [-0.2, 0) is 0 Å². The lowest BCUT2D eigenvalue weighted by molar-refractivity contribution is 0.259. The van der Waals surface area contributed by atoms with Gasteiger partial charge < -0.3 is 5.32 Å². The van der Waals surface area contributed by atoms with Crippen LogP contribution in [0.1, 0.15) is 6.92 Å². The topological polar surface area (TPSA) is 29.1 Å². The Labute approximate surface area is 55.4 Å². The summed E-state index contributed by atoms with van der Waals surface area (Å²) in [6, 6.07) is 0. The molecule has 0 aliphatic heterocycles. The van der Waals surface area contributed by atoms with Crippen molar-refractivity contribution in [2.45, 2.75) is 11.9 Å². The van der Waals surface area contributed by atoms with E-state index in [4.69, 9.17) is 11.6 Å². The normalized spacial score (nSPS) is 13.0. The molecule has 0 fully saturated rings. The van der Waals surface area contributed by atoms with Crippen LogP contribution in [0.2, 0.25) is 0 Å². The molecule has 1 atom stereocenters. The van der Waals surface area contributed by atoms with Crippen molar-refractivity contribution in [3.8, 4) is 0 Å². The number of amides is 1. The second kappa shape index (κ2) is 3.27. The summed E-state index contributed by atoms with van der Waals surface area (Å²) in [5.41, 5.74) is 0. The summed E-state index contributed by atoms with van der Waals surface area (Å²) < 4.78 is 0. The monoisotopic (exact) mass is 185 g/mol. The second-order valence-corrected chi connectivity index (χ2v) is 2.75. The van der Waals surface area contributed by atoms with Crippen LogP contribution >= 0.6 is 27.5 Å². The quantitative estimate of drug-likeness (QED) is 0.377. The van der Waals surface area contributed by atoms with Crippen molar-refractivity contribution in [3.05, 3.63) is 0 Å². The summed E-state index contributed by atoms with van der Waals surface area (Å²) in [7, 11) is 0. The molecule has 0 rings (SSSR count). The van der Waals surface area contributed by atoms with E-state index >= 15 is 0 Å². The largest absolute Gasteiger partial charge is 0.330 e. The van der Waals surface area contributed by atoms with E-state index in [0.29, 0.717) is 0 Å². The molecule has 1 amide bonds. The highest BCUT2D eigenvalue weighted by atomic mass is 79.9. The zero-order valence-electron chi connectivity index (χ0n) is 3.74. The van der Waals surface area contributed by atoms with Crippen molar-refractivity contribution < 1.29 is 4.79 Å². The van der Waals surface area contributed by atoms with Gasteiger partial charge in [-0.05, 0) is 18.5 Å². The van der Waals surface area contributed by atoms with Crippen molar-refractivity contribution in [2.75, 3.05) is 0 Å². The van der Waals surface area contributed by atoms with Gasteiger partial charge in [0.25, 0.3) is 0 Å². The number of halogens is 2. The van der Waals surface area contributed by atoms with Gasteiger partial charge in [0.2, 0.25) is 0 Å². The minimum Gasteiger partial charge on any atom is -0.330 e. The first kappa shape index (κ1) is 7.24. The van der Waals surface area contributed by atoms with Gasteiger partial charge in [-0.2, -0.15) is 0 Å². The van der Waals surface area contributed by atoms with Gasteiger partial charge >= 0.3 is 5.37 Å². The number of alkyl halides is 1. The highest BCUT2D eigenvalue weighted by Crippen LogP contribution is 1.91. The first-order valence-corrected chi connectivity index (χ1v) is 3.02. The Kier molecular flexibility index (Phi) is 3.38. The minimum atomic E-state index is -0.538. The Morgan fingerprint density at radius 2 is 2.43 bits per heavy atom. The van der Waals surface area contributed by atoms with Crippen LogP contribution in [0, 0.1) is 0 Å². The molecule has 0 aliphatic carbocycles. The number of hydrogen-bond acceptors (Lipinski definition) is 1. The molecule has 0 bridgehead atoms. The van der Waals surface area contributed by atoms with Gasteiger partial charge in [-0.15, -0.1) is 0 Å². The molecule has 1 unspecified atom stereocenters. The van der Waals surface area contributed by atoms with Crippen LogP contribution in [0.3, 0.4) is 0 Å². The van der Waals surface area contributed by atoms with Gasteiger partial charge in [-0.25, -0.2) is 0 Å². The zero-order chi connectivity index (χ0) is 5.86. The Bertz CT molecular complexity index is 75.3. The van der Waals surface area contributed by atoms with E-state index in [1.54, 1.807) is 6.92 Å². The van der Waals surface area contributed by atoms with Crippen molar-refractivity contribution in [2.24, 2.45) is 0 Å². The molecule has 42 valence electrons. The molecule has 0 saturated heterocycles. The molecule has 7 heavy (non-hydrogen) atoms. The predicted molar refractivity (Wildman–Crippen MR) is 32.8 cm³/mol. The number of hydrogen-bond donors (Lipinski definition) is 1. The maximum absolute atomic E-state index is 9.88. The van der Waals surface area contributed by atoms with E-state index in [1.807, 2.05) is 0 Å². The molecule has 0 aliphatic rings.